The Labute approximate surface area is 125 Å². The SMILES string of the molecule is FC(F)(F)c1cnc2c(c1)C1(CCC3(CC1)OCCO3)CO2. The number of nitrogens with zero attached hydrogens (tertiary/aromatic N) is 1. The molecule has 1 aliphatic carbocycles. The molecule has 0 amide bonds. The minimum Gasteiger partial charge on any atom is -0.476 e. The van der Waals surface area contributed by atoms with Gasteiger partial charge in [-0.3, -0.25) is 0 Å². The Bertz CT molecular complexity index is 586. The second kappa shape index (κ2) is 4.58. The van der Waals surface area contributed by atoms with Gasteiger partial charge in [0.2, 0.25) is 5.88 Å². The molecule has 4 rings (SSSR count). The monoisotopic (exact) mass is 315 g/mol. The summed E-state index contributed by atoms with van der Waals surface area (Å²) in [5, 5.41) is 0. The van der Waals surface area contributed by atoms with Crippen LogP contribution in [-0.4, -0.2) is 30.6 Å². The van der Waals surface area contributed by atoms with Gasteiger partial charge in [-0.25, -0.2) is 4.98 Å². The third kappa shape index (κ3) is 2.10. The van der Waals surface area contributed by atoms with E-state index < -0.39 is 22.9 Å². The standard InChI is InChI=1S/C15H16F3NO3/c16-15(17,18)10-7-11-12(19-8-10)20-9-13(11)1-3-14(4-2-13)21-5-6-22-14/h7-8H,1-6,9H2. The van der Waals surface area contributed by atoms with Gasteiger partial charge in [0.25, 0.3) is 0 Å². The van der Waals surface area contributed by atoms with Crippen LogP contribution >= 0.6 is 0 Å². The van der Waals surface area contributed by atoms with Gasteiger partial charge in [0.15, 0.2) is 5.79 Å². The van der Waals surface area contributed by atoms with Crippen LogP contribution in [0.3, 0.4) is 0 Å². The maximum Gasteiger partial charge on any atom is 0.417 e. The number of fused-ring (bicyclic) bond motifs is 2. The second-order valence-electron chi connectivity index (χ2n) is 6.25. The molecule has 4 nitrogen and oxygen atoms in total. The van der Waals surface area contributed by atoms with E-state index in [-0.39, 0.29) is 0 Å². The summed E-state index contributed by atoms with van der Waals surface area (Å²) in [6.07, 6.45) is -0.838. The van der Waals surface area contributed by atoms with Gasteiger partial charge in [-0.15, -0.1) is 0 Å². The van der Waals surface area contributed by atoms with E-state index in [9.17, 15) is 13.2 Å². The van der Waals surface area contributed by atoms with Crippen LogP contribution in [0.5, 0.6) is 5.88 Å². The predicted molar refractivity (Wildman–Crippen MR) is 69.5 cm³/mol. The summed E-state index contributed by atoms with van der Waals surface area (Å²) >= 11 is 0. The van der Waals surface area contributed by atoms with E-state index in [1.165, 1.54) is 6.07 Å². The Morgan fingerprint density at radius 3 is 2.36 bits per heavy atom. The van der Waals surface area contributed by atoms with Crippen molar-refractivity contribution in [3.63, 3.8) is 0 Å². The third-order valence-corrected chi connectivity index (χ3v) is 5.02. The van der Waals surface area contributed by atoms with E-state index in [4.69, 9.17) is 14.2 Å². The van der Waals surface area contributed by atoms with Crippen molar-refractivity contribution < 1.29 is 27.4 Å². The zero-order valence-electron chi connectivity index (χ0n) is 11.9. The number of alkyl halides is 3. The molecular formula is C15H16F3NO3. The van der Waals surface area contributed by atoms with Crippen LogP contribution in [0.15, 0.2) is 12.3 Å². The van der Waals surface area contributed by atoms with Crippen molar-refractivity contribution in [2.45, 2.75) is 43.1 Å². The Morgan fingerprint density at radius 1 is 1.05 bits per heavy atom. The van der Waals surface area contributed by atoms with E-state index in [1.54, 1.807) is 0 Å². The zero-order chi connectivity index (χ0) is 15.4. The van der Waals surface area contributed by atoms with Gasteiger partial charge in [-0.1, -0.05) is 0 Å². The lowest BCUT2D eigenvalue weighted by molar-refractivity contribution is -0.185. The van der Waals surface area contributed by atoms with Crippen molar-refractivity contribution in [3.8, 4) is 5.88 Å². The van der Waals surface area contributed by atoms with Crippen LogP contribution in [-0.2, 0) is 21.1 Å². The van der Waals surface area contributed by atoms with Gasteiger partial charge in [0.1, 0.15) is 0 Å². The van der Waals surface area contributed by atoms with E-state index in [0.717, 1.165) is 6.20 Å². The zero-order valence-corrected chi connectivity index (χ0v) is 11.9. The topological polar surface area (TPSA) is 40.6 Å². The molecule has 7 heteroatoms. The number of hydrogen-bond acceptors (Lipinski definition) is 4. The summed E-state index contributed by atoms with van der Waals surface area (Å²) in [7, 11) is 0. The normalized spacial score (nSPS) is 25.4. The van der Waals surface area contributed by atoms with Crippen LogP contribution < -0.4 is 4.74 Å². The van der Waals surface area contributed by atoms with Gasteiger partial charge < -0.3 is 14.2 Å². The summed E-state index contributed by atoms with van der Waals surface area (Å²) in [5.41, 5.74) is -0.538. The molecule has 3 heterocycles. The largest absolute Gasteiger partial charge is 0.476 e. The molecule has 0 unspecified atom stereocenters. The van der Waals surface area contributed by atoms with Crippen molar-refractivity contribution >= 4 is 0 Å². The number of ether oxygens (including phenoxy) is 3. The molecule has 2 spiro atoms. The number of pyridine rings is 1. The summed E-state index contributed by atoms with van der Waals surface area (Å²) in [5.74, 6) is -0.208. The molecule has 22 heavy (non-hydrogen) atoms. The average Bonchev–Trinajstić information content (AvgIpc) is 3.08. The lowest BCUT2D eigenvalue weighted by Crippen LogP contribution is -2.43. The summed E-state index contributed by atoms with van der Waals surface area (Å²) in [6.45, 7) is 1.55. The molecule has 0 bridgehead atoms. The Hall–Kier alpha value is -1.34. The molecule has 120 valence electrons. The van der Waals surface area contributed by atoms with Crippen molar-refractivity contribution in [3.05, 3.63) is 23.4 Å². The highest BCUT2D eigenvalue weighted by Gasteiger charge is 2.51. The molecule has 1 saturated carbocycles. The minimum atomic E-state index is -4.39. The molecule has 0 atom stereocenters. The lowest BCUT2D eigenvalue weighted by atomic mass is 9.69. The molecule has 1 aromatic heterocycles. The highest BCUT2D eigenvalue weighted by Crippen LogP contribution is 2.51. The average molecular weight is 315 g/mol. The van der Waals surface area contributed by atoms with Crippen LogP contribution in [0, 0.1) is 0 Å². The Morgan fingerprint density at radius 2 is 1.73 bits per heavy atom. The molecule has 1 aromatic rings. The number of halogens is 3. The fraction of sp³-hybridized carbons (Fsp3) is 0.667. The Kier molecular flexibility index (Phi) is 2.97. The number of hydrogen-bond donors (Lipinski definition) is 0. The number of aromatic nitrogens is 1. The minimum absolute atomic E-state index is 0.331. The van der Waals surface area contributed by atoms with Gasteiger partial charge in [0.05, 0.1) is 25.4 Å². The van der Waals surface area contributed by atoms with Crippen molar-refractivity contribution in [1.29, 1.82) is 0 Å². The molecular weight excluding hydrogens is 299 g/mol. The van der Waals surface area contributed by atoms with E-state index in [1.807, 2.05) is 0 Å². The van der Waals surface area contributed by atoms with Gasteiger partial charge in [-0.2, -0.15) is 13.2 Å². The van der Waals surface area contributed by atoms with Gasteiger partial charge >= 0.3 is 6.18 Å². The van der Waals surface area contributed by atoms with Crippen LogP contribution in [0.25, 0.3) is 0 Å². The first-order valence-corrected chi connectivity index (χ1v) is 7.41. The van der Waals surface area contributed by atoms with Crippen LogP contribution in [0.1, 0.15) is 36.8 Å². The second-order valence-corrected chi connectivity index (χ2v) is 6.25. The molecule has 2 fully saturated rings. The fourth-order valence-corrected chi connectivity index (χ4v) is 3.70. The number of rotatable bonds is 0. The molecule has 0 N–H and O–H groups in total. The van der Waals surface area contributed by atoms with Gasteiger partial charge in [-0.05, 0) is 18.9 Å². The molecule has 2 aliphatic heterocycles. The summed E-state index contributed by atoms with van der Waals surface area (Å²) < 4.78 is 55.7. The maximum atomic E-state index is 12.9. The first-order valence-electron chi connectivity index (χ1n) is 7.41. The van der Waals surface area contributed by atoms with Crippen LogP contribution in [0.4, 0.5) is 13.2 Å². The summed E-state index contributed by atoms with van der Waals surface area (Å²) in [4.78, 5) is 3.86. The van der Waals surface area contributed by atoms with Crippen molar-refractivity contribution in [1.82, 2.24) is 4.98 Å². The molecule has 0 radical (unpaired) electrons. The first kappa shape index (κ1) is 14.3. The van der Waals surface area contributed by atoms with Gasteiger partial charge in [0, 0.05) is 30.0 Å². The maximum absolute atomic E-state index is 12.9. The Balaban J connectivity index is 1.64. The fourth-order valence-electron chi connectivity index (χ4n) is 3.70. The summed E-state index contributed by atoms with van der Waals surface area (Å²) in [6, 6.07) is 1.20. The first-order chi connectivity index (χ1) is 10.4. The lowest BCUT2D eigenvalue weighted by Gasteiger charge is -2.40. The van der Waals surface area contributed by atoms with E-state index in [0.29, 0.717) is 56.9 Å². The molecule has 3 aliphatic rings. The predicted octanol–water partition coefficient (Wildman–Crippen LogP) is 3.05. The van der Waals surface area contributed by atoms with Crippen molar-refractivity contribution in [2.24, 2.45) is 0 Å². The van der Waals surface area contributed by atoms with Crippen molar-refractivity contribution in [2.75, 3.05) is 19.8 Å². The highest BCUT2D eigenvalue weighted by molar-refractivity contribution is 5.42. The quantitative estimate of drug-likeness (QED) is 0.738. The highest BCUT2D eigenvalue weighted by atomic mass is 19.4. The van der Waals surface area contributed by atoms with E-state index in [2.05, 4.69) is 4.98 Å². The third-order valence-electron chi connectivity index (χ3n) is 5.02. The molecule has 1 saturated heterocycles. The van der Waals surface area contributed by atoms with Crippen LogP contribution in [0.2, 0.25) is 0 Å². The smallest absolute Gasteiger partial charge is 0.417 e. The van der Waals surface area contributed by atoms with E-state index >= 15 is 0 Å². The molecule has 0 aromatic carbocycles.